The Balaban J connectivity index is -0.000000405. The van der Waals surface area contributed by atoms with Gasteiger partial charge >= 0.3 is 59.1 Å². The third-order valence-corrected chi connectivity index (χ3v) is 0.789. The number of thiocarbonyl (C=S) groups is 2. The van der Waals surface area contributed by atoms with Gasteiger partial charge < -0.3 is 60.5 Å². The van der Waals surface area contributed by atoms with Crippen LogP contribution in [0.25, 0.3) is 0 Å². The Morgan fingerprint density at radius 2 is 1.33 bits per heavy atom. The maximum atomic E-state index is 5.18. The second kappa shape index (κ2) is 11.2. The molecule has 12 heavy (non-hydrogen) atoms. The first-order valence-electron chi connectivity index (χ1n) is 2.02. The van der Waals surface area contributed by atoms with E-state index in [1.54, 1.807) is 0 Å². The molecule has 0 rings (SSSR count). The van der Waals surface area contributed by atoms with Crippen LogP contribution in [0.5, 0.6) is 0 Å². The van der Waals surface area contributed by atoms with Gasteiger partial charge in [0.1, 0.15) is 0 Å². The number of hydrogen-bond donors (Lipinski definition) is 3. The molecular formula is C2H4N4Na2S4. The average Bonchev–Trinajstić information content (AvgIpc) is 1.58. The van der Waals surface area contributed by atoms with Crippen molar-refractivity contribution >= 4 is 58.3 Å². The van der Waals surface area contributed by atoms with E-state index in [1.807, 2.05) is 0 Å². The van der Waals surface area contributed by atoms with Gasteiger partial charge in [0.05, 0.1) is 0 Å². The Bertz CT molecular complexity index is 138. The topological polar surface area (TPSA) is 53.3 Å². The van der Waals surface area contributed by atoms with Gasteiger partial charge in [0.15, 0.2) is 0 Å². The smallest absolute Gasteiger partial charge is 0.410 e. The fraction of sp³-hybridized carbons (Fsp3) is 0. The summed E-state index contributed by atoms with van der Waals surface area (Å²) in [6.45, 7) is 0. The molecule has 0 fully saturated rings. The van der Waals surface area contributed by atoms with Gasteiger partial charge in [0, 0.05) is 0 Å². The number of hydrogen-bond acceptors (Lipinski definition) is 6. The summed E-state index contributed by atoms with van der Waals surface area (Å²) < 4.78 is 0.225. The van der Waals surface area contributed by atoms with Crippen LogP contribution < -0.4 is 75.8 Å². The van der Waals surface area contributed by atoms with Crippen molar-refractivity contribution in [3.05, 3.63) is 0 Å². The molecule has 4 nitrogen and oxygen atoms in total. The van der Waals surface area contributed by atoms with E-state index < -0.39 is 0 Å². The molecule has 0 aromatic rings. The van der Waals surface area contributed by atoms with Crippen molar-refractivity contribution in [2.75, 3.05) is 0 Å². The van der Waals surface area contributed by atoms with Crippen LogP contribution in [-0.4, -0.2) is 13.9 Å². The van der Waals surface area contributed by atoms with Crippen molar-refractivity contribution < 1.29 is 59.1 Å². The summed E-state index contributed by atoms with van der Waals surface area (Å²) in [7, 11) is 0. The first-order valence-corrected chi connectivity index (χ1v) is 3.65. The molecule has 0 radical (unpaired) electrons. The van der Waals surface area contributed by atoms with Crippen LogP contribution in [0.1, 0.15) is 0 Å². The first kappa shape index (κ1) is 19.7. The van der Waals surface area contributed by atoms with Crippen LogP contribution in [0.3, 0.4) is 0 Å². The van der Waals surface area contributed by atoms with Gasteiger partial charge in [-0.25, -0.2) is 5.84 Å². The van der Waals surface area contributed by atoms with Gasteiger partial charge in [-0.3, -0.25) is 0 Å². The SMILES string of the molecule is NN(NC(=S)[S-])NC(=S)[S-].[Na+].[Na+]. The molecule has 0 aromatic heterocycles. The van der Waals surface area contributed by atoms with E-state index >= 15 is 0 Å². The zero-order chi connectivity index (χ0) is 8.15. The molecule has 10 heteroatoms. The van der Waals surface area contributed by atoms with Crippen LogP contribution in [0.15, 0.2) is 0 Å². The Kier molecular flexibility index (Phi) is 18.4. The summed E-state index contributed by atoms with van der Waals surface area (Å²) in [5, 5.41) is 0.907. The van der Waals surface area contributed by atoms with Crippen LogP contribution in [0.2, 0.25) is 0 Å². The van der Waals surface area contributed by atoms with Gasteiger partial charge in [-0.2, -0.15) is 0 Å². The molecule has 0 atom stereocenters. The minimum atomic E-state index is 0. The predicted octanol–water partition coefficient (Wildman–Crippen LogP) is -7.16. The van der Waals surface area contributed by atoms with Crippen molar-refractivity contribution in [3.8, 4) is 0 Å². The molecule has 0 aliphatic rings. The monoisotopic (exact) mass is 258 g/mol. The van der Waals surface area contributed by atoms with Crippen molar-refractivity contribution in [3.63, 3.8) is 0 Å². The van der Waals surface area contributed by atoms with E-state index in [1.165, 1.54) is 0 Å². The van der Waals surface area contributed by atoms with Gasteiger partial charge in [0.2, 0.25) is 0 Å². The van der Waals surface area contributed by atoms with Gasteiger partial charge in [0.25, 0.3) is 0 Å². The molecule has 0 saturated heterocycles. The molecule has 4 N–H and O–H groups in total. The number of nitrogens with zero attached hydrogens (tertiary/aromatic N) is 1. The van der Waals surface area contributed by atoms with Gasteiger partial charge in [-0.15, -0.1) is 0 Å². The van der Waals surface area contributed by atoms with Crippen LogP contribution in [0, 0.1) is 0 Å². The summed E-state index contributed by atoms with van der Waals surface area (Å²) in [6, 6.07) is 0. The third kappa shape index (κ3) is 14.7. The molecule has 0 amide bonds. The Morgan fingerprint density at radius 3 is 1.50 bits per heavy atom. The summed E-state index contributed by atoms with van der Waals surface area (Å²) in [5.41, 5.74) is 4.73. The molecule has 0 aromatic carbocycles. The van der Waals surface area contributed by atoms with Crippen LogP contribution in [-0.2, 0) is 25.3 Å². The molecule has 0 spiro atoms. The maximum Gasteiger partial charge on any atom is 1.00 e. The standard InChI is InChI=1S/C2H6N4S4.2Na/c3-6(4-1(7)8)5-2(9)10;;/h3H2,(H2,4,7,8)(H2,5,9,10);;/q;2*+1/p-2. The zero-order valence-corrected chi connectivity index (χ0v) is 13.9. The van der Waals surface area contributed by atoms with E-state index in [4.69, 9.17) is 5.84 Å². The van der Waals surface area contributed by atoms with Gasteiger partial charge in [-0.05, 0) is 8.64 Å². The fourth-order valence-electron chi connectivity index (χ4n) is 0.225. The average molecular weight is 258 g/mol. The normalized spacial score (nSPS) is 7.50. The molecule has 0 heterocycles. The number of hydrazine groups is 3. The second-order valence-electron chi connectivity index (χ2n) is 1.17. The number of nitrogens with two attached hydrogens (primary N) is 1. The molecule has 58 valence electrons. The number of nitrogens with one attached hydrogen (secondary N) is 2. The van der Waals surface area contributed by atoms with Crippen molar-refractivity contribution in [2.24, 2.45) is 5.84 Å². The molecule has 0 unspecified atom stereocenters. The molecular weight excluding hydrogens is 254 g/mol. The zero-order valence-electron chi connectivity index (χ0n) is 6.66. The van der Waals surface area contributed by atoms with E-state index in [9.17, 15) is 0 Å². The fourth-order valence-corrected chi connectivity index (χ4v) is 0.618. The third-order valence-electron chi connectivity index (χ3n) is 0.423. The second-order valence-corrected chi connectivity index (χ2v) is 3.32. The number of rotatable bonds is 2. The maximum absolute atomic E-state index is 5.18. The van der Waals surface area contributed by atoms with Gasteiger partial charge in [-0.1, -0.05) is 5.23 Å². The quantitative estimate of drug-likeness (QED) is 0.149. The predicted molar refractivity (Wildman–Crippen MR) is 52.2 cm³/mol. The Hall–Kier alpha value is 2.14. The molecule has 0 aliphatic heterocycles. The molecule has 0 bridgehead atoms. The minimum Gasteiger partial charge on any atom is -0.410 e. The summed E-state index contributed by atoms with van der Waals surface area (Å²) in [5.74, 6) is 5.18. The van der Waals surface area contributed by atoms with E-state index in [-0.39, 0.29) is 67.8 Å². The van der Waals surface area contributed by atoms with E-state index in [0.717, 1.165) is 5.23 Å². The summed E-state index contributed by atoms with van der Waals surface area (Å²) in [4.78, 5) is 0. The first-order chi connectivity index (χ1) is 4.52. The summed E-state index contributed by atoms with van der Waals surface area (Å²) >= 11 is 18.0. The molecule has 0 saturated carbocycles. The molecule has 0 aliphatic carbocycles. The Morgan fingerprint density at radius 1 is 1.08 bits per heavy atom. The van der Waals surface area contributed by atoms with Crippen molar-refractivity contribution in [1.29, 1.82) is 0 Å². The summed E-state index contributed by atoms with van der Waals surface area (Å²) in [6.07, 6.45) is 0. The van der Waals surface area contributed by atoms with E-state index in [0.29, 0.717) is 0 Å². The van der Waals surface area contributed by atoms with Crippen LogP contribution >= 0.6 is 24.4 Å². The largest absolute Gasteiger partial charge is 1.00 e. The van der Waals surface area contributed by atoms with Crippen LogP contribution in [0.4, 0.5) is 0 Å². The van der Waals surface area contributed by atoms with Crippen molar-refractivity contribution in [2.45, 2.75) is 0 Å². The minimum absolute atomic E-state index is 0. The van der Waals surface area contributed by atoms with E-state index in [2.05, 4.69) is 60.5 Å². The Labute approximate surface area is 137 Å². The van der Waals surface area contributed by atoms with Crippen molar-refractivity contribution in [1.82, 2.24) is 16.1 Å².